The first-order valence-corrected chi connectivity index (χ1v) is 4.71. The van der Waals surface area contributed by atoms with Crippen molar-refractivity contribution in [3.05, 3.63) is 36.4 Å². The van der Waals surface area contributed by atoms with Gasteiger partial charge >= 0.3 is 6.36 Å². The Morgan fingerprint density at radius 3 is 2.59 bits per heavy atom. The summed E-state index contributed by atoms with van der Waals surface area (Å²) in [5.41, 5.74) is -0.0343. The average molecular weight is 245 g/mol. The lowest BCUT2D eigenvalue weighted by Gasteiger charge is -2.12. The van der Waals surface area contributed by atoms with E-state index in [-0.39, 0.29) is 5.69 Å². The molecular weight excluding hydrogens is 235 g/mol. The number of hydrogen-bond acceptors (Lipinski definition) is 2. The van der Waals surface area contributed by atoms with Gasteiger partial charge in [0, 0.05) is 0 Å². The van der Waals surface area contributed by atoms with Crippen LogP contribution in [0.25, 0.3) is 0 Å². The van der Waals surface area contributed by atoms with Gasteiger partial charge in [-0.05, 0) is 25.1 Å². The van der Waals surface area contributed by atoms with Crippen molar-refractivity contribution in [3.8, 4) is 5.75 Å². The molecule has 1 rings (SSSR count). The van der Waals surface area contributed by atoms with E-state index in [0.29, 0.717) is 0 Å². The van der Waals surface area contributed by atoms with Crippen molar-refractivity contribution in [2.24, 2.45) is 0 Å². The van der Waals surface area contributed by atoms with Crippen LogP contribution >= 0.6 is 0 Å². The molecule has 1 aromatic carbocycles. The Morgan fingerprint density at radius 1 is 1.35 bits per heavy atom. The van der Waals surface area contributed by atoms with Crippen molar-refractivity contribution in [2.75, 3.05) is 5.32 Å². The number of alkyl halides is 3. The van der Waals surface area contributed by atoms with Crippen molar-refractivity contribution in [1.29, 1.82) is 0 Å². The molecule has 0 bridgehead atoms. The van der Waals surface area contributed by atoms with E-state index in [4.69, 9.17) is 0 Å². The molecule has 0 atom stereocenters. The van der Waals surface area contributed by atoms with E-state index in [9.17, 15) is 18.0 Å². The number of benzene rings is 1. The summed E-state index contributed by atoms with van der Waals surface area (Å²) < 4.78 is 39.9. The Hall–Kier alpha value is -1.98. The van der Waals surface area contributed by atoms with Gasteiger partial charge in [0.15, 0.2) is 5.75 Å². The van der Waals surface area contributed by atoms with E-state index < -0.39 is 18.0 Å². The summed E-state index contributed by atoms with van der Waals surface area (Å²) in [5, 5.41) is 2.28. The van der Waals surface area contributed by atoms with Gasteiger partial charge in [0.25, 0.3) is 0 Å². The third-order valence-corrected chi connectivity index (χ3v) is 1.69. The molecule has 1 amide bonds. The number of amides is 1. The van der Waals surface area contributed by atoms with Crippen LogP contribution in [0.2, 0.25) is 0 Å². The molecule has 3 nitrogen and oxygen atoms in total. The number of halogens is 3. The molecule has 0 saturated heterocycles. The van der Waals surface area contributed by atoms with E-state index >= 15 is 0 Å². The maximum absolute atomic E-state index is 12.1. The number of carbonyl (C=O) groups excluding carboxylic acids is 1. The van der Waals surface area contributed by atoms with Crippen LogP contribution in [-0.2, 0) is 4.79 Å². The monoisotopic (exact) mass is 245 g/mol. The second-order valence-corrected chi connectivity index (χ2v) is 3.03. The quantitative estimate of drug-likeness (QED) is 0.831. The van der Waals surface area contributed by atoms with Crippen molar-refractivity contribution < 1.29 is 22.7 Å². The van der Waals surface area contributed by atoms with Crippen LogP contribution in [0, 0.1) is 0 Å². The first kappa shape index (κ1) is 13.1. The standard InChI is InChI=1S/C11H10F3NO2/c1-2-5-10(16)15-8-6-3-4-7-9(8)17-11(12,13)14/h2-7H,1H3,(H,15,16). The van der Waals surface area contributed by atoms with Gasteiger partial charge in [-0.15, -0.1) is 13.2 Å². The molecule has 0 saturated carbocycles. The molecule has 1 N–H and O–H groups in total. The van der Waals surface area contributed by atoms with Gasteiger partial charge in [-0.25, -0.2) is 0 Å². The van der Waals surface area contributed by atoms with E-state index in [0.717, 1.165) is 6.07 Å². The molecular formula is C11H10F3NO2. The highest BCUT2D eigenvalue weighted by Gasteiger charge is 2.32. The van der Waals surface area contributed by atoms with E-state index in [1.165, 1.54) is 30.4 Å². The topological polar surface area (TPSA) is 38.3 Å². The zero-order valence-electron chi connectivity index (χ0n) is 8.91. The zero-order chi connectivity index (χ0) is 12.9. The third kappa shape index (κ3) is 4.58. The molecule has 0 aliphatic rings. The zero-order valence-corrected chi connectivity index (χ0v) is 8.91. The number of allylic oxidation sites excluding steroid dienone is 1. The van der Waals surface area contributed by atoms with Crippen LogP contribution in [0.1, 0.15) is 6.92 Å². The van der Waals surface area contributed by atoms with Crippen LogP contribution in [0.15, 0.2) is 36.4 Å². The minimum Gasteiger partial charge on any atom is -0.404 e. The lowest BCUT2D eigenvalue weighted by molar-refractivity contribution is -0.274. The van der Waals surface area contributed by atoms with Gasteiger partial charge < -0.3 is 10.1 Å². The number of hydrogen-bond donors (Lipinski definition) is 1. The molecule has 1 aromatic rings. The lowest BCUT2D eigenvalue weighted by Crippen LogP contribution is -2.19. The molecule has 0 aliphatic heterocycles. The smallest absolute Gasteiger partial charge is 0.404 e. The summed E-state index contributed by atoms with van der Waals surface area (Å²) in [6.45, 7) is 1.62. The highest BCUT2D eigenvalue weighted by Crippen LogP contribution is 2.29. The Morgan fingerprint density at radius 2 is 2.00 bits per heavy atom. The summed E-state index contributed by atoms with van der Waals surface area (Å²) in [7, 11) is 0. The molecule has 0 aromatic heterocycles. The van der Waals surface area contributed by atoms with E-state index in [2.05, 4.69) is 10.1 Å². The summed E-state index contributed by atoms with van der Waals surface area (Å²) in [6.07, 6.45) is -2.12. The van der Waals surface area contributed by atoms with Crippen LogP contribution in [0.5, 0.6) is 5.75 Å². The van der Waals surface area contributed by atoms with Crippen molar-refractivity contribution in [1.82, 2.24) is 0 Å². The number of ether oxygens (including phenoxy) is 1. The molecule has 6 heteroatoms. The Balaban J connectivity index is 2.88. The van der Waals surface area contributed by atoms with Crippen LogP contribution < -0.4 is 10.1 Å². The number of carbonyl (C=O) groups is 1. The fraction of sp³-hybridized carbons (Fsp3) is 0.182. The average Bonchev–Trinajstić information content (AvgIpc) is 2.19. The molecule has 0 spiro atoms. The molecule has 0 aliphatic carbocycles. The van der Waals surface area contributed by atoms with Gasteiger partial charge in [0.2, 0.25) is 5.91 Å². The van der Waals surface area contributed by atoms with Crippen LogP contribution in [0.4, 0.5) is 18.9 Å². The summed E-state index contributed by atoms with van der Waals surface area (Å²) in [4.78, 5) is 11.2. The third-order valence-electron chi connectivity index (χ3n) is 1.69. The number of anilines is 1. The Labute approximate surface area is 95.9 Å². The van der Waals surface area contributed by atoms with Gasteiger partial charge in [-0.3, -0.25) is 4.79 Å². The lowest BCUT2D eigenvalue weighted by atomic mass is 10.3. The minimum atomic E-state index is -4.79. The number of rotatable bonds is 3. The predicted octanol–water partition coefficient (Wildman–Crippen LogP) is 3.10. The largest absolute Gasteiger partial charge is 0.573 e. The number of nitrogens with one attached hydrogen (secondary N) is 1. The summed E-state index contributed by atoms with van der Waals surface area (Å²) in [5.74, 6) is -0.969. The van der Waals surface area contributed by atoms with Crippen LogP contribution in [-0.4, -0.2) is 12.3 Å². The van der Waals surface area contributed by atoms with Gasteiger partial charge in [0.1, 0.15) is 0 Å². The molecule has 92 valence electrons. The minimum absolute atomic E-state index is 0.0343. The fourth-order valence-electron chi connectivity index (χ4n) is 1.11. The second kappa shape index (κ2) is 5.38. The maximum atomic E-state index is 12.1. The molecule has 17 heavy (non-hydrogen) atoms. The number of para-hydroxylation sites is 2. The molecule has 0 unspecified atom stereocenters. The molecule has 0 heterocycles. The van der Waals surface area contributed by atoms with Crippen molar-refractivity contribution in [2.45, 2.75) is 13.3 Å². The van der Waals surface area contributed by atoms with Gasteiger partial charge in [0.05, 0.1) is 5.69 Å². The van der Waals surface area contributed by atoms with E-state index in [1.54, 1.807) is 6.92 Å². The van der Waals surface area contributed by atoms with Crippen molar-refractivity contribution in [3.63, 3.8) is 0 Å². The molecule has 0 fully saturated rings. The summed E-state index contributed by atoms with van der Waals surface area (Å²) >= 11 is 0. The first-order valence-electron chi connectivity index (χ1n) is 4.71. The van der Waals surface area contributed by atoms with Crippen LogP contribution in [0.3, 0.4) is 0 Å². The Bertz CT molecular complexity index is 427. The van der Waals surface area contributed by atoms with Crippen molar-refractivity contribution >= 4 is 11.6 Å². The fourth-order valence-corrected chi connectivity index (χ4v) is 1.11. The summed E-state index contributed by atoms with van der Waals surface area (Å²) in [6, 6.07) is 5.32. The highest BCUT2D eigenvalue weighted by atomic mass is 19.4. The van der Waals surface area contributed by atoms with Gasteiger partial charge in [-0.1, -0.05) is 18.2 Å². The van der Waals surface area contributed by atoms with E-state index in [1.807, 2.05) is 0 Å². The second-order valence-electron chi connectivity index (χ2n) is 3.03. The Kier molecular flexibility index (Phi) is 4.14. The predicted molar refractivity (Wildman–Crippen MR) is 56.6 cm³/mol. The first-order chi connectivity index (χ1) is 7.92. The van der Waals surface area contributed by atoms with Gasteiger partial charge in [-0.2, -0.15) is 0 Å². The highest BCUT2D eigenvalue weighted by molar-refractivity contribution is 6.00. The SMILES string of the molecule is CC=CC(=O)Nc1ccccc1OC(F)(F)F. The molecule has 0 radical (unpaired) electrons. The normalized spacial score (nSPS) is 11.5. The maximum Gasteiger partial charge on any atom is 0.573 e.